The lowest BCUT2D eigenvalue weighted by Crippen LogP contribution is -2.05. The monoisotopic (exact) mass is 870 g/mol. The number of nitrogens with zero attached hydrogens (tertiary/aromatic N) is 4. The molecule has 0 atom stereocenters. The average Bonchev–Trinajstić information content (AvgIpc) is 3.88. The molecular weight excluding hydrogens is 825 g/mol. The normalized spacial score (nSPS) is 11.5. The van der Waals surface area contributed by atoms with Crippen molar-refractivity contribution in [3.8, 4) is 73.1 Å². The zero-order valence-corrected chi connectivity index (χ0v) is 38.4. The molecule has 0 saturated heterocycles. The summed E-state index contributed by atoms with van der Waals surface area (Å²) < 4.78 is 4.79. The van der Waals surface area contributed by atoms with Crippen molar-refractivity contribution in [3.63, 3.8) is 0 Å². The molecule has 0 fully saturated rings. The molecule has 0 amide bonds. The highest BCUT2D eigenvalue weighted by atomic mass is 15.0. The van der Waals surface area contributed by atoms with Gasteiger partial charge < -0.3 is 9.13 Å². The first-order valence-electron chi connectivity index (χ1n) is 23.2. The molecule has 4 heteroatoms. The fraction of sp³-hybridized carbons (Fsp3) is 0.0625. The summed E-state index contributed by atoms with van der Waals surface area (Å²) in [5, 5.41) is 14.6. The number of hydrogen-bond acceptors (Lipinski definition) is 2. The van der Waals surface area contributed by atoms with Crippen LogP contribution < -0.4 is 0 Å². The van der Waals surface area contributed by atoms with Gasteiger partial charge in [0, 0.05) is 27.1 Å². The predicted molar refractivity (Wildman–Crippen MR) is 284 cm³/mol. The molecule has 68 heavy (non-hydrogen) atoms. The fourth-order valence-corrected chi connectivity index (χ4v) is 10.1. The van der Waals surface area contributed by atoms with Crippen LogP contribution in [-0.2, 0) is 0 Å². The maximum atomic E-state index is 9.99. The topological polar surface area (TPSA) is 46.5 Å². The van der Waals surface area contributed by atoms with Gasteiger partial charge in [0.05, 0.1) is 57.5 Å². The summed E-state index contributed by atoms with van der Waals surface area (Å²) in [5.74, 6) is 0. The maximum absolute atomic E-state index is 9.99. The van der Waals surface area contributed by atoms with Crippen molar-refractivity contribution in [3.05, 3.63) is 234 Å². The van der Waals surface area contributed by atoms with Gasteiger partial charge in [0.25, 0.3) is 0 Å². The first-order chi connectivity index (χ1) is 33.3. The van der Waals surface area contributed by atoms with Crippen LogP contribution in [0.15, 0.2) is 207 Å². The van der Waals surface area contributed by atoms with Gasteiger partial charge in [-0.1, -0.05) is 156 Å². The molecule has 0 saturated carbocycles. The van der Waals surface area contributed by atoms with Crippen LogP contribution in [0.5, 0.6) is 0 Å². The quantitative estimate of drug-likeness (QED) is 0.160. The highest BCUT2D eigenvalue weighted by Gasteiger charge is 2.24. The highest BCUT2D eigenvalue weighted by Crippen LogP contribution is 2.44. The van der Waals surface area contributed by atoms with Gasteiger partial charge in [-0.25, -0.2) is 0 Å². The van der Waals surface area contributed by atoms with Crippen molar-refractivity contribution in [1.82, 2.24) is 14.1 Å². The van der Waals surface area contributed by atoms with Crippen LogP contribution >= 0.6 is 0 Å². The Morgan fingerprint density at radius 2 is 0.588 bits per heavy atom. The number of nitriles is 1. The summed E-state index contributed by atoms with van der Waals surface area (Å²) in [7, 11) is 0. The lowest BCUT2D eigenvalue weighted by Gasteiger charge is -2.20. The Balaban J connectivity index is 1.16. The third-order valence-corrected chi connectivity index (χ3v) is 13.8. The fourth-order valence-electron chi connectivity index (χ4n) is 10.1. The molecule has 0 N–H and O–H groups in total. The molecule has 0 unspecified atom stereocenters. The Labute approximate surface area is 396 Å². The highest BCUT2D eigenvalue weighted by molar-refractivity contribution is 6.14. The van der Waals surface area contributed by atoms with E-state index < -0.39 is 0 Å². The Morgan fingerprint density at radius 1 is 0.324 bits per heavy atom. The van der Waals surface area contributed by atoms with Crippen LogP contribution in [0, 0.1) is 39.0 Å². The predicted octanol–water partition coefficient (Wildman–Crippen LogP) is 16.7. The molecule has 12 rings (SSSR count). The van der Waals surface area contributed by atoms with E-state index in [9.17, 15) is 5.26 Å². The number of hydrogen-bond donors (Lipinski definition) is 0. The van der Waals surface area contributed by atoms with Crippen molar-refractivity contribution >= 4 is 43.6 Å². The Hall–Kier alpha value is -8.78. The minimum absolute atomic E-state index is 0.610. The van der Waals surface area contributed by atoms with Crippen LogP contribution in [0.4, 0.5) is 0 Å². The number of aromatic nitrogens is 3. The second kappa shape index (κ2) is 16.3. The van der Waals surface area contributed by atoms with Crippen LogP contribution in [0.1, 0.15) is 27.8 Å². The average molecular weight is 871 g/mol. The van der Waals surface area contributed by atoms with E-state index in [1.54, 1.807) is 0 Å². The number of rotatable bonds is 7. The largest absolute Gasteiger partial charge is 0.307 e. The molecule has 0 radical (unpaired) electrons. The van der Waals surface area contributed by atoms with Crippen LogP contribution in [-0.4, -0.2) is 14.1 Å². The summed E-state index contributed by atoms with van der Waals surface area (Å²) >= 11 is 0. The summed E-state index contributed by atoms with van der Waals surface area (Å²) in [6.45, 7) is 8.52. The number of fused-ring (bicyclic) bond motifs is 6. The van der Waals surface area contributed by atoms with Gasteiger partial charge in [-0.05, 0) is 138 Å². The van der Waals surface area contributed by atoms with Gasteiger partial charge in [-0.3, -0.25) is 4.98 Å². The molecule has 0 bridgehead atoms. The van der Waals surface area contributed by atoms with E-state index in [-0.39, 0.29) is 0 Å². The molecule has 322 valence electrons. The zero-order chi connectivity index (χ0) is 46.0. The summed E-state index contributed by atoms with van der Waals surface area (Å²) in [6.07, 6.45) is 4.02. The van der Waals surface area contributed by atoms with E-state index in [1.165, 1.54) is 44.5 Å². The summed E-state index contributed by atoms with van der Waals surface area (Å²) in [4.78, 5) is 5.14. The number of aryl methyl sites for hydroxylation is 4. The van der Waals surface area contributed by atoms with Crippen molar-refractivity contribution in [2.45, 2.75) is 27.7 Å². The second-order valence-corrected chi connectivity index (χ2v) is 18.3. The lowest BCUT2D eigenvalue weighted by molar-refractivity contribution is 1.09. The van der Waals surface area contributed by atoms with Crippen LogP contribution in [0.2, 0.25) is 0 Å². The Bertz CT molecular complexity index is 3520. The third kappa shape index (κ3) is 6.96. The van der Waals surface area contributed by atoms with Crippen LogP contribution in [0.3, 0.4) is 0 Å². The Kier molecular flexibility index (Phi) is 9.74. The van der Waals surface area contributed by atoms with Gasteiger partial charge in [-0.15, -0.1) is 0 Å². The van der Waals surface area contributed by atoms with Crippen molar-refractivity contribution < 1.29 is 0 Å². The molecule has 0 aliphatic rings. The molecule has 3 heterocycles. The SMILES string of the molecule is Cc1ccc(-c2ccc3c(c2)c2cc(-c4ccc(C)cc4)ccc2n3-c2cncc(-n3c4ccc(-c5ccc(C)cc5)cc4c4cc(-c5ccc(C)cc5)ccc43)c2-c2ccc(C#N)cc2)cc1. The van der Waals surface area contributed by atoms with E-state index >= 15 is 0 Å². The van der Waals surface area contributed by atoms with Gasteiger partial charge in [0.1, 0.15) is 0 Å². The minimum Gasteiger partial charge on any atom is -0.307 e. The van der Waals surface area contributed by atoms with Crippen molar-refractivity contribution in [1.29, 1.82) is 5.26 Å². The van der Waals surface area contributed by atoms with E-state index in [2.05, 4.69) is 225 Å². The van der Waals surface area contributed by atoms with Gasteiger partial charge in [0.15, 0.2) is 0 Å². The summed E-state index contributed by atoms with van der Waals surface area (Å²) in [6, 6.07) is 72.9. The van der Waals surface area contributed by atoms with E-state index in [4.69, 9.17) is 4.98 Å². The maximum Gasteiger partial charge on any atom is 0.0991 e. The molecule has 3 aromatic heterocycles. The molecule has 0 aliphatic carbocycles. The first-order valence-corrected chi connectivity index (χ1v) is 23.2. The zero-order valence-electron chi connectivity index (χ0n) is 38.4. The first kappa shape index (κ1) is 40.7. The smallest absolute Gasteiger partial charge is 0.0991 e. The van der Waals surface area contributed by atoms with Crippen molar-refractivity contribution in [2.75, 3.05) is 0 Å². The third-order valence-electron chi connectivity index (χ3n) is 13.8. The van der Waals surface area contributed by atoms with Crippen LogP contribution in [0.25, 0.3) is 111 Å². The molecule has 4 nitrogen and oxygen atoms in total. The molecule has 12 aromatic rings. The van der Waals surface area contributed by atoms with E-state index in [1.807, 2.05) is 24.5 Å². The van der Waals surface area contributed by atoms with Gasteiger partial charge >= 0.3 is 0 Å². The minimum atomic E-state index is 0.610. The number of pyridine rings is 1. The molecular formula is C64H46N4. The van der Waals surface area contributed by atoms with E-state index in [0.717, 1.165) is 88.4 Å². The second-order valence-electron chi connectivity index (χ2n) is 18.3. The van der Waals surface area contributed by atoms with Gasteiger partial charge in [-0.2, -0.15) is 5.26 Å². The van der Waals surface area contributed by atoms with E-state index in [0.29, 0.717) is 5.56 Å². The molecule has 9 aromatic carbocycles. The van der Waals surface area contributed by atoms with Crippen molar-refractivity contribution in [2.24, 2.45) is 0 Å². The number of benzene rings is 9. The lowest BCUT2D eigenvalue weighted by atomic mass is 9.99. The Morgan fingerprint density at radius 3 is 0.868 bits per heavy atom. The standard InChI is InChI=1S/C64H46N4/c1-40-5-15-45(16-6-40)50-25-29-58-54(33-50)55-34-51(46-17-7-41(2)8-18-46)26-30-59(55)67(58)62-38-66-39-63(64(62)49-23-13-44(37-65)14-24-49)68-60-31-27-52(47-19-9-42(3)10-20-47)35-56(60)57-36-53(28-32-61(57)68)48-21-11-43(4)12-22-48/h5-36,38-39H,1-4H3. The molecule has 0 spiro atoms. The van der Waals surface area contributed by atoms with Gasteiger partial charge in [0.2, 0.25) is 0 Å². The molecule has 0 aliphatic heterocycles. The summed E-state index contributed by atoms with van der Waals surface area (Å²) in [5.41, 5.74) is 23.1.